The van der Waals surface area contributed by atoms with Crippen LogP contribution < -0.4 is 5.32 Å². The summed E-state index contributed by atoms with van der Waals surface area (Å²) in [5.41, 5.74) is 0. The van der Waals surface area contributed by atoms with E-state index >= 15 is 0 Å². The molecule has 0 unspecified atom stereocenters. The molecule has 1 atom stereocenters. The van der Waals surface area contributed by atoms with Gasteiger partial charge in [-0.25, -0.2) is 0 Å². The standard InChI is InChI=1S/C11H15N5O2S/c1-4-8(19-11-14-12-6-16(11)3)10(17)13-9-5-7(2)18-15-9/h5-6,8H,4H2,1-3H3,(H,13,15,17)/t8-/m0/s1. The van der Waals surface area contributed by atoms with Crippen LogP contribution in [0.2, 0.25) is 0 Å². The Hall–Kier alpha value is -1.83. The van der Waals surface area contributed by atoms with Crippen LogP contribution in [0.25, 0.3) is 0 Å². The van der Waals surface area contributed by atoms with E-state index in [0.717, 1.165) is 0 Å². The lowest BCUT2D eigenvalue weighted by Gasteiger charge is -2.12. The number of rotatable bonds is 5. The highest BCUT2D eigenvalue weighted by molar-refractivity contribution is 8.00. The van der Waals surface area contributed by atoms with Crippen LogP contribution >= 0.6 is 11.8 Å². The minimum absolute atomic E-state index is 0.121. The molecule has 102 valence electrons. The maximum atomic E-state index is 12.1. The number of carbonyl (C=O) groups excluding carboxylic acids is 1. The molecule has 0 bridgehead atoms. The Labute approximate surface area is 114 Å². The highest BCUT2D eigenvalue weighted by Gasteiger charge is 2.21. The molecule has 0 saturated heterocycles. The molecule has 8 heteroatoms. The third-order valence-electron chi connectivity index (χ3n) is 2.46. The highest BCUT2D eigenvalue weighted by atomic mass is 32.2. The van der Waals surface area contributed by atoms with Crippen LogP contribution in [0.1, 0.15) is 19.1 Å². The largest absolute Gasteiger partial charge is 0.360 e. The van der Waals surface area contributed by atoms with Crippen molar-refractivity contribution in [3.63, 3.8) is 0 Å². The van der Waals surface area contributed by atoms with Crippen molar-refractivity contribution in [1.82, 2.24) is 19.9 Å². The van der Waals surface area contributed by atoms with Gasteiger partial charge < -0.3 is 14.4 Å². The zero-order valence-corrected chi connectivity index (χ0v) is 11.8. The Morgan fingerprint density at radius 1 is 1.63 bits per heavy atom. The third-order valence-corrected chi connectivity index (χ3v) is 3.87. The van der Waals surface area contributed by atoms with Crippen LogP contribution in [-0.4, -0.2) is 31.1 Å². The lowest BCUT2D eigenvalue weighted by molar-refractivity contribution is -0.115. The van der Waals surface area contributed by atoms with E-state index in [-0.39, 0.29) is 11.2 Å². The van der Waals surface area contributed by atoms with Crippen molar-refractivity contribution in [3.8, 4) is 0 Å². The molecule has 0 aliphatic carbocycles. The quantitative estimate of drug-likeness (QED) is 0.838. The monoisotopic (exact) mass is 281 g/mol. The lowest BCUT2D eigenvalue weighted by Crippen LogP contribution is -2.25. The van der Waals surface area contributed by atoms with Gasteiger partial charge in [0.15, 0.2) is 11.0 Å². The first kappa shape index (κ1) is 13.6. The Morgan fingerprint density at radius 2 is 2.42 bits per heavy atom. The van der Waals surface area contributed by atoms with Gasteiger partial charge in [0.05, 0.1) is 5.25 Å². The van der Waals surface area contributed by atoms with E-state index in [2.05, 4.69) is 20.7 Å². The number of amides is 1. The predicted octanol–water partition coefficient (Wildman–Crippen LogP) is 1.62. The zero-order chi connectivity index (χ0) is 13.8. The predicted molar refractivity (Wildman–Crippen MR) is 70.8 cm³/mol. The van der Waals surface area contributed by atoms with Gasteiger partial charge in [0, 0.05) is 13.1 Å². The molecule has 2 rings (SSSR count). The molecular formula is C11H15N5O2S. The number of thioether (sulfide) groups is 1. The zero-order valence-electron chi connectivity index (χ0n) is 11.0. The molecule has 7 nitrogen and oxygen atoms in total. The molecule has 0 radical (unpaired) electrons. The molecule has 2 aromatic heterocycles. The smallest absolute Gasteiger partial charge is 0.239 e. The van der Waals surface area contributed by atoms with Gasteiger partial charge in [-0.1, -0.05) is 23.8 Å². The van der Waals surface area contributed by atoms with E-state index in [1.54, 1.807) is 23.9 Å². The van der Waals surface area contributed by atoms with Crippen LogP contribution in [0.3, 0.4) is 0 Å². The fraction of sp³-hybridized carbons (Fsp3) is 0.455. The van der Waals surface area contributed by atoms with E-state index < -0.39 is 0 Å². The second-order valence-electron chi connectivity index (χ2n) is 4.05. The average Bonchev–Trinajstić information content (AvgIpc) is 2.95. The summed E-state index contributed by atoms with van der Waals surface area (Å²) >= 11 is 1.38. The van der Waals surface area contributed by atoms with Crippen molar-refractivity contribution in [3.05, 3.63) is 18.2 Å². The maximum absolute atomic E-state index is 12.1. The molecule has 0 fully saturated rings. The molecule has 0 saturated carbocycles. The number of hydrogen-bond acceptors (Lipinski definition) is 6. The minimum Gasteiger partial charge on any atom is -0.360 e. The minimum atomic E-state index is -0.250. The number of nitrogens with zero attached hydrogens (tertiary/aromatic N) is 4. The van der Waals surface area contributed by atoms with Crippen LogP contribution in [0.5, 0.6) is 0 Å². The molecule has 2 aromatic rings. The number of aryl methyl sites for hydroxylation is 2. The summed E-state index contributed by atoms with van der Waals surface area (Å²) in [7, 11) is 1.84. The van der Waals surface area contributed by atoms with Crippen molar-refractivity contribution in [2.24, 2.45) is 7.05 Å². The molecule has 0 aliphatic rings. The molecule has 19 heavy (non-hydrogen) atoms. The second kappa shape index (κ2) is 5.87. The van der Waals surface area contributed by atoms with Gasteiger partial charge in [-0.05, 0) is 13.3 Å². The van der Waals surface area contributed by atoms with Gasteiger partial charge in [-0.15, -0.1) is 10.2 Å². The van der Waals surface area contributed by atoms with Crippen molar-refractivity contribution < 1.29 is 9.32 Å². The van der Waals surface area contributed by atoms with E-state index in [1.807, 2.05) is 14.0 Å². The summed E-state index contributed by atoms with van der Waals surface area (Å²) in [6, 6.07) is 1.68. The van der Waals surface area contributed by atoms with Crippen LogP contribution in [0.15, 0.2) is 22.1 Å². The van der Waals surface area contributed by atoms with Gasteiger partial charge in [0.25, 0.3) is 0 Å². The second-order valence-corrected chi connectivity index (χ2v) is 5.22. The van der Waals surface area contributed by atoms with Crippen molar-refractivity contribution in [2.75, 3.05) is 5.32 Å². The van der Waals surface area contributed by atoms with E-state index in [0.29, 0.717) is 23.2 Å². The lowest BCUT2D eigenvalue weighted by atomic mass is 10.3. The molecule has 2 heterocycles. The number of anilines is 1. The first-order valence-corrected chi connectivity index (χ1v) is 6.73. The van der Waals surface area contributed by atoms with Crippen LogP contribution in [0, 0.1) is 6.92 Å². The topological polar surface area (TPSA) is 85.8 Å². The third kappa shape index (κ3) is 3.34. The molecule has 1 N–H and O–H groups in total. The van der Waals surface area contributed by atoms with Crippen LogP contribution in [-0.2, 0) is 11.8 Å². The number of carbonyl (C=O) groups is 1. The van der Waals surface area contributed by atoms with Crippen molar-refractivity contribution >= 4 is 23.5 Å². The van der Waals surface area contributed by atoms with Crippen molar-refractivity contribution in [2.45, 2.75) is 30.7 Å². The van der Waals surface area contributed by atoms with Gasteiger partial charge >= 0.3 is 0 Å². The summed E-state index contributed by atoms with van der Waals surface area (Å²) < 4.78 is 6.68. The maximum Gasteiger partial charge on any atom is 0.239 e. The Kier molecular flexibility index (Phi) is 4.20. The summed E-state index contributed by atoms with van der Waals surface area (Å²) in [6.45, 7) is 3.72. The van der Waals surface area contributed by atoms with Gasteiger partial charge in [0.2, 0.25) is 5.91 Å². The SMILES string of the molecule is CC[C@H](Sc1nncn1C)C(=O)Nc1cc(C)on1. The van der Waals surface area contributed by atoms with Gasteiger partial charge in [-0.2, -0.15) is 0 Å². The highest BCUT2D eigenvalue weighted by Crippen LogP contribution is 2.24. The molecule has 0 spiro atoms. The summed E-state index contributed by atoms with van der Waals surface area (Å²) in [5, 5.41) is 14.7. The molecule has 0 aliphatic heterocycles. The van der Waals surface area contributed by atoms with E-state index in [4.69, 9.17) is 4.52 Å². The first-order valence-electron chi connectivity index (χ1n) is 5.85. The Bertz CT molecular complexity index is 565. The molecule has 0 aromatic carbocycles. The fourth-order valence-corrected chi connectivity index (χ4v) is 2.36. The normalized spacial score (nSPS) is 12.4. The Morgan fingerprint density at radius 3 is 2.95 bits per heavy atom. The van der Waals surface area contributed by atoms with E-state index in [9.17, 15) is 4.79 Å². The van der Waals surface area contributed by atoms with Gasteiger partial charge in [-0.3, -0.25) is 4.79 Å². The first-order chi connectivity index (χ1) is 9.10. The van der Waals surface area contributed by atoms with E-state index in [1.165, 1.54) is 11.8 Å². The van der Waals surface area contributed by atoms with Gasteiger partial charge in [0.1, 0.15) is 12.1 Å². The Balaban J connectivity index is 2.01. The average molecular weight is 281 g/mol. The molecule has 1 amide bonds. The molecular weight excluding hydrogens is 266 g/mol. The number of aromatic nitrogens is 4. The number of nitrogens with one attached hydrogen (secondary N) is 1. The number of hydrogen-bond donors (Lipinski definition) is 1. The fourth-order valence-electron chi connectivity index (χ4n) is 1.46. The summed E-state index contributed by atoms with van der Waals surface area (Å²) in [5.74, 6) is 0.965. The van der Waals surface area contributed by atoms with Crippen molar-refractivity contribution in [1.29, 1.82) is 0 Å². The van der Waals surface area contributed by atoms with Crippen LogP contribution in [0.4, 0.5) is 5.82 Å². The summed E-state index contributed by atoms with van der Waals surface area (Å²) in [4.78, 5) is 12.1. The summed E-state index contributed by atoms with van der Waals surface area (Å²) in [6.07, 6.45) is 2.29.